The van der Waals surface area contributed by atoms with Crippen molar-refractivity contribution in [2.24, 2.45) is 0 Å². The summed E-state index contributed by atoms with van der Waals surface area (Å²) in [5.74, 6) is -1.08. The Kier molecular flexibility index (Phi) is 30.7. The number of hydrogen-bond acceptors (Lipinski definition) is 8. The molecule has 8 nitrogen and oxygen atoms in total. The maximum absolute atomic E-state index is 14.2. The van der Waals surface area contributed by atoms with Gasteiger partial charge in [0.1, 0.15) is 24.9 Å². The van der Waals surface area contributed by atoms with Crippen LogP contribution < -0.4 is 53.0 Å². The molecule has 1 aliphatic heterocycles. The fourth-order valence-electron chi connectivity index (χ4n) is 20.4. The van der Waals surface area contributed by atoms with Crippen molar-refractivity contribution in [1.82, 2.24) is 0 Å². The Bertz CT molecular complexity index is 6980. The topological polar surface area (TPSA) is 89.5 Å². The molecule has 18 aromatic carbocycles. The molecule has 698 valence electrons. The van der Waals surface area contributed by atoms with Crippen LogP contribution in [0.1, 0.15) is 121 Å². The van der Waals surface area contributed by atoms with Gasteiger partial charge in [-0.1, -0.05) is 324 Å². The van der Waals surface area contributed by atoms with Gasteiger partial charge in [0, 0.05) is 28.3 Å². The first-order valence-electron chi connectivity index (χ1n) is 47.9. The lowest BCUT2D eigenvalue weighted by molar-refractivity contribution is -0.283. The highest BCUT2D eigenvalue weighted by molar-refractivity contribution is 7.81. The van der Waals surface area contributed by atoms with E-state index in [1.165, 1.54) is 160 Å². The van der Waals surface area contributed by atoms with Crippen LogP contribution in [0.15, 0.2) is 352 Å². The van der Waals surface area contributed by atoms with Crippen molar-refractivity contribution >= 4 is 140 Å². The standard InChI is InChI=1S/C53H56O8P2.C52H48P2.C22H18/c1-33-20-34(2)25-43(24-33)62(44-26-35(3)21-36(4)27-44)60-48-47(32-57-51(54)41-16-12-10-13-17-41)58-53(56-9)50(59-52(55)42-18-14-11-15-19-42)49(48)61-63(45-28-37(5)22-38(6)29-45)46-30-39(7)23-40(8)31-46;1-33-17-13-18-34(2)49(33)53(50-35(3)19-14-20-36(50)4)45-31-29-41-25-9-11-27-43(41)47(45)48-44-28-12-10-26-42(44)30-32-46(48)54(51-37(5)21-15-22-38(51)6)52-39(7)23-16-24-40(52)8;1-15-11-13-17-7-3-5-9-19(17)21(15)22-16(2)12-14-18-8-4-6-10-20(18)22/h10-31,47-50,53H,32H2,1-9H3;9-32H,1-8H3;3-14H,1-2H3/t47-,48-,49+,50-,53+;;/m1../s1. The molecule has 12 heteroatoms. The summed E-state index contributed by atoms with van der Waals surface area (Å²) in [6.07, 6.45) is -5.18. The predicted molar refractivity (Wildman–Crippen MR) is 592 cm³/mol. The van der Waals surface area contributed by atoms with Crippen molar-refractivity contribution in [2.75, 3.05) is 13.7 Å². The summed E-state index contributed by atoms with van der Waals surface area (Å²) in [5, 5.41) is 23.1. The van der Waals surface area contributed by atoms with Gasteiger partial charge in [-0.3, -0.25) is 0 Å². The summed E-state index contributed by atoms with van der Waals surface area (Å²) in [6, 6.07) is 125. The zero-order valence-corrected chi connectivity index (χ0v) is 86.7. The molecule has 0 aliphatic carbocycles. The van der Waals surface area contributed by atoms with Crippen LogP contribution >= 0.6 is 32.1 Å². The van der Waals surface area contributed by atoms with Gasteiger partial charge in [0.15, 0.2) is 12.4 Å². The normalized spacial score (nSPS) is 14.8. The van der Waals surface area contributed by atoms with Crippen LogP contribution in [0.4, 0.5) is 0 Å². The third-order valence-electron chi connectivity index (χ3n) is 26.4. The van der Waals surface area contributed by atoms with E-state index in [1.807, 2.05) is 12.1 Å². The van der Waals surface area contributed by atoms with Gasteiger partial charge in [-0.2, -0.15) is 0 Å². The molecule has 1 saturated heterocycles. The number of methoxy groups -OCH3 is 1. The van der Waals surface area contributed by atoms with Crippen LogP contribution in [0.5, 0.6) is 0 Å². The van der Waals surface area contributed by atoms with Crippen LogP contribution in [-0.4, -0.2) is 56.4 Å². The molecule has 0 amide bonds. The van der Waals surface area contributed by atoms with E-state index in [2.05, 4.69) is 416 Å². The van der Waals surface area contributed by atoms with E-state index in [0.29, 0.717) is 11.1 Å². The van der Waals surface area contributed by atoms with Crippen molar-refractivity contribution in [1.29, 1.82) is 0 Å². The molecule has 1 fully saturated rings. The van der Waals surface area contributed by atoms with E-state index < -0.39 is 74.8 Å². The Balaban J connectivity index is 0.000000158. The number of carbonyl (C=O) groups is 2. The minimum Gasteiger partial charge on any atom is -0.459 e. The van der Waals surface area contributed by atoms with Gasteiger partial charge in [-0.25, -0.2) is 9.59 Å². The number of rotatable bonds is 22. The minimum atomic E-state index is -1.61. The van der Waals surface area contributed by atoms with Gasteiger partial charge in [0.25, 0.3) is 0 Å². The minimum absolute atomic E-state index is 0.203. The lowest BCUT2D eigenvalue weighted by Gasteiger charge is -2.46. The highest BCUT2D eigenvalue weighted by Crippen LogP contribution is 2.52. The summed E-state index contributed by atoms with van der Waals surface area (Å²) >= 11 is 0. The fraction of sp³-hybridized carbons (Fsp3) is 0.197. The first-order valence-corrected chi connectivity index (χ1v) is 53.2. The molecular weight excluding hydrogens is 1780 g/mol. The third kappa shape index (κ3) is 21.5. The molecule has 1 aliphatic rings. The van der Waals surface area contributed by atoms with Gasteiger partial charge in [-0.05, 0) is 366 Å². The first kappa shape index (κ1) is 98.1. The van der Waals surface area contributed by atoms with E-state index in [0.717, 1.165) is 65.7 Å². The average Bonchev–Trinajstić information content (AvgIpc) is 0.720. The van der Waals surface area contributed by atoms with E-state index in [1.54, 1.807) is 48.5 Å². The SMILES string of the molecule is CO[C@H]1O[C@H](COC(=O)c2ccccc2)[C@@H](OP(c2cc(C)cc(C)c2)c2cc(C)cc(C)c2)[C@H](OP(c2cc(C)cc(C)c2)c2cc(C)cc(C)c2)[C@H]1OC(=O)c1ccccc1.Cc1ccc2ccccc2c1-c1c(C)ccc2ccccc12.Cc1cccc(C)c1P(c1ccc2ccccc2c1-c1c(P(c2c(C)cccc2C)c2c(C)cccc2C)ccc2ccccc12)c1c(C)cccc1C. The van der Waals surface area contributed by atoms with Gasteiger partial charge in [-0.15, -0.1) is 0 Å². The van der Waals surface area contributed by atoms with E-state index in [-0.39, 0.29) is 6.61 Å². The number of aryl methyl sites for hydroxylation is 18. The van der Waals surface area contributed by atoms with Gasteiger partial charge >= 0.3 is 11.9 Å². The first-order chi connectivity index (χ1) is 67.1. The fourth-order valence-corrected chi connectivity index (χ4v) is 31.2. The second-order valence-corrected chi connectivity index (χ2v) is 45.3. The quantitative estimate of drug-likeness (QED) is 0.0490. The molecule has 0 spiro atoms. The molecule has 139 heavy (non-hydrogen) atoms. The summed E-state index contributed by atoms with van der Waals surface area (Å²) in [7, 11) is -3.61. The van der Waals surface area contributed by atoms with E-state index in [4.69, 9.17) is 28.0 Å². The van der Waals surface area contributed by atoms with Crippen molar-refractivity contribution in [3.8, 4) is 22.3 Å². The van der Waals surface area contributed by atoms with E-state index in [9.17, 15) is 9.59 Å². The molecule has 0 bridgehead atoms. The largest absolute Gasteiger partial charge is 0.459 e. The molecular formula is C127H122O8P4. The monoisotopic (exact) mass is 1900 g/mol. The Morgan fingerprint density at radius 3 is 0.849 bits per heavy atom. The van der Waals surface area contributed by atoms with E-state index >= 15 is 0 Å². The maximum Gasteiger partial charge on any atom is 0.338 e. The summed E-state index contributed by atoms with van der Waals surface area (Å²) in [6.45, 7) is 39.4. The molecule has 0 unspecified atom stereocenters. The molecule has 0 aromatic heterocycles. The number of benzene rings is 18. The second-order valence-electron chi connectivity index (χ2n) is 37.5. The van der Waals surface area contributed by atoms with Crippen molar-refractivity contribution in [3.63, 3.8) is 0 Å². The maximum atomic E-state index is 14.2. The molecule has 0 saturated carbocycles. The Labute approximate surface area is 826 Å². The number of carbonyl (C=O) groups excluding carboxylic acids is 2. The molecule has 0 N–H and O–H groups in total. The molecule has 5 atom stereocenters. The van der Waals surface area contributed by atoms with Crippen LogP contribution in [0, 0.1) is 125 Å². The highest BCUT2D eigenvalue weighted by Gasteiger charge is 2.53. The third-order valence-corrected chi connectivity index (χ3v) is 36.5. The zero-order chi connectivity index (χ0) is 97.6. The molecule has 19 rings (SSSR count). The van der Waals surface area contributed by atoms with Crippen LogP contribution in [0.3, 0.4) is 0 Å². The Morgan fingerprint density at radius 2 is 0.540 bits per heavy atom. The van der Waals surface area contributed by atoms with Crippen molar-refractivity contribution in [3.05, 3.63) is 463 Å². The predicted octanol–water partition coefficient (Wildman–Crippen LogP) is 27.7. The summed E-state index contributed by atoms with van der Waals surface area (Å²) in [4.78, 5) is 27.9. The Hall–Kier alpha value is -12.5. The van der Waals surface area contributed by atoms with Crippen molar-refractivity contribution in [2.45, 2.75) is 155 Å². The lowest BCUT2D eigenvalue weighted by atomic mass is 9.88. The molecule has 0 radical (unpaired) electrons. The lowest BCUT2D eigenvalue weighted by Crippen LogP contribution is -2.62. The van der Waals surface area contributed by atoms with Crippen LogP contribution in [-0.2, 0) is 28.0 Å². The average molecular weight is 1900 g/mol. The van der Waals surface area contributed by atoms with Crippen molar-refractivity contribution < 1.29 is 37.6 Å². The molecule has 1 heterocycles. The Morgan fingerprint density at radius 1 is 0.266 bits per heavy atom. The summed E-state index contributed by atoms with van der Waals surface area (Å²) < 4.78 is 40.7. The number of ether oxygens (including phenoxy) is 4. The van der Waals surface area contributed by atoms with Gasteiger partial charge in [0.05, 0.1) is 27.4 Å². The summed E-state index contributed by atoms with van der Waals surface area (Å²) in [5.41, 5.74) is 28.5. The smallest absolute Gasteiger partial charge is 0.338 e. The number of fused-ring (bicyclic) bond motifs is 4. The van der Waals surface area contributed by atoms with Gasteiger partial charge in [0.2, 0.25) is 0 Å². The second kappa shape index (κ2) is 43.5. The molecule has 18 aromatic rings. The highest BCUT2D eigenvalue weighted by atomic mass is 31.1. The van der Waals surface area contributed by atoms with Gasteiger partial charge < -0.3 is 28.0 Å². The zero-order valence-electron chi connectivity index (χ0n) is 83.1. The van der Waals surface area contributed by atoms with Crippen LogP contribution in [0.25, 0.3) is 65.3 Å². The van der Waals surface area contributed by atoms with Crippen LogP contribution in [0.2, 0.25) is 0 Å². The number of hydrogen-bond donors (Lipinski definition) is 0. The number of esters is 2.